The fourth-order valence-electron chi connectivity index (χ4n) is 3.90. The van der Waals surface area contributed by atoms with Crippen molar-refractivity contribution in [3.05, 3.63) is 59.2 Å². The number of amides is 3. The Hall–Kier alpha value is -3.02. The van der Waals surface area contributed by atoms with Crippen LogP contribution < -0.4 is 15.4 Å². The Morgan fingerprint density at radius 3 is 2.78 bits per heavy atom. The quantitative estimate of drug-likeness (QED) is 0.879. The summed E-state index contributed by atoms with van der Waals surface area (Å²) in [6.07, 6.45) is 0.608. The van der Waals surface area contributed by atoms with E-state index in [1.807, 2.05) is 49.4 Å². The van der Waals surface area contributed by atoms with E-state index in [0.29, 0.717) is 31.8 Å². The lowest BCUT2D eigenvalue weighted by molar-refractivity contribution is -0.120. The third-order valence-electron chi connectivity index (χ3n) is 5.55. The number of carbonyl (C=O) groups excluding carboxylic acids is 2. The van der Waals surface area contributed by atoms with Gasteiger partial charge in [0.25, 0.3) is 0 Å². The van der Waals surface area contributed by atoms with Crippen molar-refractivity contribution in [2.24, 2.45) is 0 Å². The monoisotopic (exact) mass is 365 g/mol. The molecule has 0 bridgehead atoms. The van der Waals surface area contributed by atoms with Crippen LogP contribution in [0.5, 0.6) is 5.75 Å². The standard InChI is InChI=1S/C21H23N3O3/c1-14-3-5-15(6-4-14)12-22-20(26)24-10-9-21(13-24)17-11-16(27-2)7-8-18(17)23-19(21)25/h3-8,11H,9-10,12-13H2,1-2H3,(H,22,26)(H,23,25)/t21-/m1/s1. The van der Waals surface area contributed by atoms with Gasteiger partial charge in [-0.2, -0.15) is 0 Å². The smallest absolute Gasteiger partial charge is 0.317 e. The molecule has 1 fully saturated rings. The molecule has 140 valence electrons. The third kappa shape index (κ3) is 3.01. The molecule has 4 rings (SSSR count). The van der Waals surface area contributed by atoms with Crippen LogP contribution in [0.4, 0.5) is 10.5 Å². The van der Waals surface area contributed by atoms with Gasteiger partial charge >= 0.3 is 6.03 Å². The van der Waals surface area contributed by atoms with E-state index in [2.05, 4.69) is 10.6 Å². The summed E-state index contributed by atoms with van der Waals surface area (Å²) in [5, 5.41) is 5.91. The second-order valence-corrected chi connectivity index (χ2v) is 7.26. The van der Waals surface area contributed by atoms with Gasteiger partial charge in [-0.15, -0.1) is 0 Å². The molecule has 0 unspecified atom stereocenters. The fourth-order valence-corrected chi connectivity index (χ4v) is 3.90. The Balaban J connectivity index is 1.47. The van der Waals surface area contributed by atoms with E-state index in [9.17, 15) is 9.59 Å². The van der Waals surface area contributed by atoms with E-state index >= 15 is 0 Å². The molecule has 1 saturated heterocycles. The van der Waals surface area contributed by atoms with E-state index < -0.39 is 5.41 Å². The summed E-state index contributed by atoms with van der Waals surface area (Å²) in [4.78, 5) is 27.1. The minimum atomic E-state index is -0.689. The first kappa shape index (κ1) is 17.4. The highest BCUT2D eigenvalue weighted by atomic mass is 16.5. The minimum Gasteiger partial charge on any atom is -0.497 e. The van der Waals surface area contributed by atoms with Crippen LogP contribution in [-0.2, 0) is 16.8 Å². The van der Waals surface area contributed by atoms with Crippen molar-refractivity contribution in [1.29, 1.82) is 0 Å². The molecule has 0 radical (unpaired) electrons. The van der Waals surface area contributed by atoms with Crippen molar-refractivity contribution < 1.29 is 14.3 Å². The van der Waals surface area contributed by atoms with E-state index in [-0.39, 0.29) is 11.9 Å². The fraction of sp³-hybridized carbons (Fsp3) is 0.333. The van der Waals surface area contributed by atoms with E-state index in [0.717, 1.165) is 16.8 Å². The number of methoxy groups -OCH3 is 1. The highest BCUT2D eigenvalue weighted by Gasteiger charge is 2.52. The molecule has 6 heteroatoms. The van der Waals surface area contributed by atoms with Crippen molar-refractivity contribution in [2.75, 3.05) is 25.5 Å². The van der Waals surface area contributed by atoms with Gasteiger partial charge in [0.2, 0.25) is 5.91 Å². The summed E-state index contributed by atoms with van der Waals surface area (Å²) >= 11 is 0. The zero-order valence-electron chi connectivity index (χ0n) is 15.5. The van der Waals surface area contributed by atoms with Crippen LogP contribution in [0.2, 0.25) is 0 Å². The first-order valence-corrected chi connectivity index (χ1v) is 9.10. The Labute approximate surface area is 158 Å². The molecule has 2 aliphatic rings. The van der Waals surface area contributed by atoms with E-state index in [4.69, 9.17) is 4.74 Å². The molecule has 2 N–H and O–H groups in total. The lowest BCUT2D eigenvalue weighted by Gasteiger charge is -2.23. The summed E-state index contributed by atoms with van der Waals surface area (Å²) in [5.74, 6) is 0.673. The molecule has 6 nitrogen and oxygen atoms in total. The maximum Gasteiger partial charge on any atom is 0.317 e. The number of fused-ring (bicyclic) bond motifs is 2. The van der Waals surface area contributed by atoms with Crippen molar-refractivity contribution >= 4 is 17.6 Å². The molecule has 2 aliphatic heterocycles. The number of anilines is 1. The normalized spacial score (nSPS) is 20.5. The topological polar surface area (TPSA) is 70.7 Å². The summed E-state index contributed by atoms with van der Waals surface area (Å²) in [7, 11) is 1.61. The maximum atomic E-state index is 12.7. The Bertz CT molecular complexity index is 894. The molecule has 1 atom stereocenters. The molecule has 0 saturated carbocycles. The van der Waals surface area contributed by atoms with Gasteiger partial charge in [-0.05, 0) is 42.7 Å². The number of nitrogens with one attached hydrogen (secondary N) is 2. The second-order valence-electron chi connectivity index (χ2n) is 7.26. The van der Waals surface area contributed by atoms with Crippen molar-refractivity contribution in [1.82, 2.24) is 10.2 Å². The number of carbonyl (C=O) groups is 2. The predicted molar refractivity (Wildman–Crippen MR) is 103 cm³/mol. The van der Waals surface area contributed by atoms with Crippen LogP contribution in [0.1, 0.15) is 23.1 Å². The van der Waals surface area contributed by atoms with Crippen LogP contribution in [0, 0.1) is 6.92 Å². The first-order valence-electron chi connectivity index (χ1n) is 9.10. The number of nitrogens with zero attached hydrogens (tertiary/aromatic N) is 1. The summed E-state index contributed by atoms with van der Waals surface area (Å²) < 4.78 is 5.32. The van der Waals surface area contributed by atoms with Gasteiger partial charge in [0.1, 0.15) is 5.75 Å². The van der Waals surface area contributed by atoms with Crippen LogP contribution in [0.15, 0.2) is 42.5 Å². The highest BCUT2D eigenvalue weighted by Crippen LogP contribution is 2.45. The van der Waals surface area contributed by atoms with Gasteiger partial charge in [0, 0.05) is 25.3 Å². The molecule has 1 spiro atoms. The van der Waals surface area contributed by atoms with Gasteiger partial charge in [-0.25, -0.2) is 4.79 Å². The van der Waals surface area contributed by atoms with Crippen LogP contribution in [0.25, 0.3) is 0 Å². The third-order valence-corrected chi connectivity index (χ3v) is 5.55. The van der Waals surface area contributed by atoms with Crippen LogP contribution in [0.3, 0.4) is 0 Å². The zero-order valence-corrected chi connectivity index (χ0v) is 15.5. The lowest BCUT2D eigenvalue weighted by Crippen LogP contribution is -2.42. The number of benzene rings is 2. The average Bonchev–Trinajstić information content (AvgIpc) is 3.24. The molecule has 2 aromatic rings. The average molecular weight is 365 g/mol. The van der Waals surface area contributed by atoms with E-state index in [1.165, 1.54) is 5.56 Å². The molecule has 2 aromatic carbocycles. The van der Waals surface area contributed by atoms with Crippen molar-refractivity contribution in [2.45, 2.75) is 25.3 Å². The molecule has 0 aliphatic carbocycles. The lowest BCUT2D eigenvalue weighted by atomic mass is 9.81. The number of rotatable bonds is 3. The van der Waals surface area contributed by atoms with Crippen molar-refractivity contribution in [3.8, 4) is 5.75 Å². The summed E-state index contributed by atoms with van der Waals surface area (Å²) in [6.45, 7) is 3.42. The zero-order chi connectivity index (χ0) is 19.0. The van der Waals surface area contributed by atoms with Gasteiger partial charge in [-0.1, -0.05) is 29.8 Å². The maximum absolute atomic E-state index is 12.7. The van der Waals surface area contributed by atoms with Gasteiger partial charge in [0.05, 0.1) is 12.5 Å². The predicted octanol–water partition coefficient (Wildman–Crippen LogP) is 2.81. The molecule has 2 heterocycles. The number of aryl methyl sites for hydroxylation is 1. The number of likely N-dealkylation sites (tertiary alicyclic amines) is 1. The number of urea groups is 1. The summed E-state index contributed by atoms with van der Waals surface area (Å²) in [6, 6.07) is 13.5. The van der Waals surface area contributed by atoms with Crippen LogP contribution in [-0.4, -0.2) is 37.0 Å². The Kier molecular flexibility index (Phi) is 4.26. The van der Waals surface area contributed by atoms with Crippen LogP contribution >= 0.6 is 0 Å². The highest BCUT2D eigenvalue weighted by molar-refractivity contribution is 6.07. The molecule has 3 amide bonds. The minimum absolute atomic E-state index is 0.0420. The van der Waals surface area contributed by atoms with Gasteiger partial charge in [-0.3, -0.25) is 4.79 Å². The molecule has 0 aromatic heterocycles. The number of hydrogen-bond acceptors (Lipinski definition) is 3. The van der Waals surface area contributed by atoms with Crippen molar-refractivity contribution in [3.63, 3.8) is 0 Å². The van der Waals surface area contributed by atoms with E-state index in [1.54, 1.807) is 12.0 Å². The molecule has 27 heavy (non-hydrogen) atoms. The van der Waals surface area contributed by atoms with Gasteiger partial charge in [0.15, 0.2) is 0 Å². The second kappa shape index (κ2) is 6.61. The SMILES string of the molecule is COc1ccc2c(c1)[C@]1(CCN(C(=O)NCc3ccc(C)cc3)C1)C(=O)N2. The molecular weight excluding hydrogens is 342 g/mol. The molecular formula is C21H23N3O3. The first-order chi connectivity index (χ1) is 13.0. The van der Waals surface area contributed by atoms with Gasteiger partial charge < -0.3 is 20.3 Å². The number of ether oxygens (including phenoxy) is 1. The largest absolute Gasteiger partial charge is 0.497 e. The Morgan fingerprint density at radius 1 is 1.26 bits per heavy atom. The number of hydrogen-bond donors (Lipinski definition) is 2. The summed E-state index contributed by atoms with van der Waals surface area (Å²) in [5.41, 5.74) is 3.28. The Morgan fingerprint density at radius 2 is 2.04 bits per heavy atom.